The van der Waals surface area contributed by atoms with Gasteiger partial charge < -0.3 is 10.2 Å². The van der Waals surface area contributed by atoms with E-state index in [4.69, 9.17) is 4.84 Å². The van der Waals surface area contributed by atoms with Crippen molar-refractivity contribution in [1.29, 1.82) is 0 Å². The third kappa shape index (κ3) is 3.25. The van der Waals surface area contributed by atoms with Crippen LogP contribution < -0.4 is 5.06 Å². The zero-order chi connectivity index (χ0) is 18.7. The molecule has 1 aromatic heterocycles. The van der Waals surface area contributed by atoms with Crippen LogP contribution in [0.3, 0.4) is 0 Å². The topological polar surface area (TPSA) is 87.8 Å². The zero-order valence-corrected chi connectivity index (χ0v) is 14.5. The fourth-order valence-corrected chi connectivity index (χ4v) is 2.67. The first-order valence-corrected chi connectivity index (χ1v) is 8.09. The molecule has 0 saturated carbocycles. The summed E-state index contributed by atoms with van der Waals surface area (Å²) < 4.78 is 1.66. The molecule has 0 unspecified atom stereocenters. The zero-order valence-electron chi connectivity index (χ0n) is 14.5. The van der Waals surface area contributed by atoms with Gasteiger partial charge in [-0.05, 0) is 42.5 Å². The third-order valence-electron chi connectivity index (χ3n) is 3.94. The van der Waals surface area contributed by atoms with Crippen LogP contribution in [0.2, 0.25) is 0 Å². The van der Waals surface area contributed by atoms with Gasteiger partial charge in [0.2, 0.25) is 0 Å². The molecule has 0 aliphatic rings. The van der Waals surface area contributed by atoms with Crippen LogP contribution in [-0.4, -0.2) is 33.0 Å². The summed E-state index contributed by atoms with van der Waals surface area (Å²) in [7, 11) is 1.45. The quantitative estimate of drug-likeness (QED) is 0.688. The second kappa shape index (κ2) is 7.28. The van der Waals surface area contributed by atoms with Gasteiger partial charge in [-0.25, -0.2) is 4.68 Å². The number of nitrogens with zero attached hydrogens (tertiary/aromatic N) is 3. The van der Waals surface area contributed by atoms with Crippen molar-refractivity contribution in [3.63, 3.8) is 0 Å². The number of aromatic nitrogens is 2. The Bertz CT molecular complexity index is 919. The molecule has 1 heterocycles. The number of carbonyl (C=O) groups excluding carboxylic acids is 1. The summed E-state index contributed by atoms with van der Waals surface area (Å²) in [5.41, 5.74) is 2.58. The van der Waals surface area contributed by atoms with E-state index >= 15 is 0 Å². The summed E-state index contributed by atoms with van der Waals surface area (Å²) in [5, 5.41) is 25.1. The minimum atomic E-state index is -0.144. The molecule has 0 radical (unpaired) electrons. The van der Waals surface area contributed by atoms with Crippen LogP contribution in [0, 0.1) is 0 Å². The summed E-state index contributed by atoms with van der Waals surface area (Å²) in [5.74, 6) is -0.196. The molecule has 0 fully saturated rings. The molecule has 0 saturated heterocycles. The standard InChI is InChI=1S/C19H19N3O4/c1-3-19(25)22(26-2)14-6-4-13(5-7-14)21-17(10-11-20-21)16-9-8-15(23)12-18(16)24/h4-12,23-24H,3H2,1-2H3. The number of anilines is 1. The lowest BCUT2D eigenvalue weighted by molar-refractivity contribution is -0.124. The molecule has 26 heavy (non-hydrogen) atoms. The van der Waals surface area contributed by atoms with Gasteiger partial charge in [0, 0.05) is 18.1 Å². The van der Waals surface area contributed by atoms with Gasteiger partial charge in [-0.2, -0.15) is 10.2 Å². The minimum absolute atomic E-state index is 0.0121. The van der Waals surface area contributed by atoms with E-state index in [-0.39, 0.29) is 17.4 Å². The van der Waals surface area contributed by atoms with E-state index in [1.54, 1.807) is 54.2 Å². The Labute approximate surface area is 150 Å². The number of phenols is 2. The van der Waals surface area contributed by atoms with Gasteiger partial charge in [0.25, 0.3) is 5.91 Å². The van der Waals surface area contributed by atoms with Crippen molar-refractivity contribution >= 4 is 11.6 Å². The largest absolute Gasteiger partial charge is 0.508 e. The highest BCUT2D eigenvalue weighted by Gasteiger charge is 2.15. The number of aromatic hydroxyl groups is 2. The molecule has 3 aromatic rings. The Morgan fingerprint density at radius 2 is 1.88 bits per heavy atom. The maximum absolute atomic E-state index is 11.9. The van der Waals surface area contributed by atoms with Crippen LogP contribution >= 0.6 is 0 Å². The summed E-state index contributed by atoms with van der Waals surface area (Å²) in [6.07, 6.45) is 1.95. The van der Waals surface area contributed by atoms with Gasteiger partial charge in [-0.3, -0.25) is 9.63 Å². The molecule has 0 aliphatic heterocycles. The Balaban J connectivity index is 1.96. The average Bonchev–Trinajstić information content (AvgIpc) is 3.12. The molecule has 7 nitrogen and oxygen atoms in total. The van der Waals surface area contributed by atoms with Gasteiger partial charge >= 0.3 is 0 Å². The molecular formula is C19H19N3O4. The molecule has 7 heteroatoms. The van der Waals surface area contributed by atoms with Crippen LogP contribution in [0.15, 0.2) is 54.7 Å². The highest BCUT2D eigenvalue weighted by atomic mass is 16.7. The fourth-order valence-electron chi connectivity index (χ4n) is 2.67. The third-order valence-corrected chi connectivity index (χ3v) is 3.94. The van der Waals surface area contributed by atoms with Crippen LogP contribution in [0.25, 0.3) is 16.9 Å². The van der Waals surface area contributed by atoms with Crippen LogP contribution in [0.1, 0.15) is 13.3 Å². The van der Waals surface area contributed by atoms with Gasteiger partial charge in [-0.15, -0.1) is 0 Å². The van der Waals surface area contributed by atoms with E-state index in [1.165, 1.54) is 24.3 Å². The molecular weight excluding hydrogens is 334 g/mol. The normalized spacial score (nSPS) is 10.7. The molecule has 2 aromatic carbocycles. The monoisotopic (exact) mass is 353 g/mol. The predicted octanol–water partition coefficient (Wildman–Crippen LogP) is 3.25. The first-order chi connectivity index (χ1) is 12.5. The molecule has 3 rings (SSSR count). The summed E-state index contributed by atoms with van der Waals surface area (Å²) in [6, 6.07) is 13.3. The number of rotatable bonds is 5. The first kappa shape index (κ1) is 17.5. The van der Waals surface area contributed by atoms with Gasteiger partial charge in [-0.1, -0.05) is 6.92 Å². The highest BCUT2D eigenvalue weighted by molar-refractivity contribution is 5.91. The fraction of sp³-hybridized carbons (Fsp3) is 0.158. The number of hydrogen-bond acceptors (Lipinski definition) is 5. The number of hydroxylamine groups is 1. The molecule has 134 valence electrons. The van der Waals surface area contributed by atoms with E-state index in [0.717, 1.165) is 5.69 Å². The Kier molecular flexibility index (Phi) is 4.90. The van der Waals surface area contributed by atoms with Crippen molar-refractivity contribution < 1.29 is 19.8 Å². The van der Waals surface area contributed by atoms with Crippen LogP contribution in [0.5, 0.6) is 11.5 Å². The number of benzene rings is 2. The molecule has 2 N–H and O–H groups in total. The smallest absolute Gasteiger partial charge is 0.250 e. The molecule has 0 bridgehead atoms. The Hall–Kier alpha value is -3.32. The number of carbonyl (C=O) groups is 1. The Morgan fingerprint density at radius 1 is 1.15 bits per heavy atom. The van der Waals surface area contributed by atoms with Crippen LogP contribution in [-0.2, 0) is 9.63 Å². The molecule has 0 aliphatic carbocycles. The summed E-state index contributed by atoms with van der Waals surface area (Å²) >= 11 is 0. The molecule has 0 spiro atoms. The van der Waals surface area contributed by atoms with Gasteiger partial charge in [0.15, 0.2) is 0 Å². The van der Waals surface area contributed by atoms with Crippen LogP contribution in [0.4, 0.5) is 5.69 Å². The highest BCUT2D eigenvalue weighted by Crippen LogP contribution is 2.33. The van der Waals surface area contributed by atoms with Crippen molar-refractivity contribution in [3.8, 4) is 28.4 Å². The summed E-state index contributed by atoms with van der Waals surface area (Å²) in [6.45, 7) is 1.77. The lowest BCUT2D eigenvalue weighted by atomic mass is 10.1. The van der Waals surface area contributed by atoms with Gasteiger partial charge in [0.1, 0.15) is 11.5 Å². The van der Waals surface area contributed by atoms with Crippen molar-refractivity contribution in [1.82, 2.24) is 9.78 Å². The van der Waals surface area contributed by atoms with E-state index in [9.17, 15) is 15.0 Å². The second-order valence-electron chi connectivity index (χ2n) is 5.57. The SMILES string of the molecule is CCC(=O)N(OC)c1ccc(-n2nccc2-c2ccc(O)cc2O)cc1. The summed E-state index contributed by atoms with van der Waals surface area (Å²) in [4.78, 5) is 17.0. The number of amides is 1. The van der Waals surface area contributed by atoms with E-state index in [0.29, 0.717) is 23.4 Å². The number of hydrogen-bond donors (Lipinski definition) is 2. The number of phenolic OH excluding ortho intramolecular Hbond substituents is 2. The van der Waals surface area contributed by atoms with E-state index in [1.807, 2.05) is 0 Å². The Morgan fingerprint density at radius 3 is 2.50 bits per heavy atom. The van der Waals surface area contributed by atoms with Crippen molar-refractivity contribution in [2.45, 2.75) is 13.3 Å². The molecule has 1 amide bonds. The lowest BCUT2D eigenvalue weighted by Gasteiger charge is -2.19. The van der Waals surface area contributed by atoms with E-state index < -0.39 is 0 Å². The lowest BCUT2D eigenvalue weighted by Crippen LogP contribution is -2.28. The second-order valence-corrected chi connectivity index (χ2v) is 5.57. The average molecular weight is 353 g/mol. The van der Waals surface area contributed by atoms with E-state index in [2.05, 4.69) is 5.10 Å². The van der Waals surface area contributed by atoms with Crippen molar-refractivity contribution in [2.75, 3.05) is 12.2 Å². The predicted molar refractivity (Wildman–Crippen MR) is 97.1 cm³/mol. The van der Waals surface area contributed by atoms with Crippen molar-refractivity contribution in [2.24, 2.45) is 0 Å². The first-order valence-electron chi connectivity index (χ1n) is 8.09. The van der Waals surface area contributed by atoms with Crippen molar-refractivity contribution in [3.05, 3.63) is 54.7 Å². The molecule has 0 atom stereocenters. The maximum Gasteiger partial charge on any atom is 0.250 e. The minimum Gasteiger partial charge on any atom is -0.508 e. The van der Waals surface area contributed by atoms with Gasteiger partial charge in [0.05, 0.1) is 30.4 Å². The maximum atomic E-state index is 11.9.